The Morgan fingerprint density at radius 1 is 1.53 bits per heavy atom. The van der Waals surface area contributed by atoms with Gasteiger partial charge in [0.05, 0.1) is 6.20 Å². The summed E-state index contributed by atoms with van der Waals surface area (Å²) in [6.07, 6.45) is 0.868. The first kappa shape index (κ1) is 13.1. The van der Waals surface area contributed by atoms with Crippen LogP contribution in [0.5, 0.6) is 6.01 Å². The summed E-state index contributed by atoms with van der Waals surface area (Å²) in [7, 11) is 0. The Balaban J connectivity index is 2.50. The molecular formula is C10H14FN3O3. The molecule has 0 saturated heterocycles. The van der Waals surface area contributed by atoms with E-state index >= 15 is 0 Å². The quantitative estimate of drug-likeness (QED) is 0.794. The molecule has 17 heavy (non-hydrogen) atoms. The van der Waals surface area contributed by atoms with Crippen molar-refractivity contribution in [3.63, 3.8) is 0 Å². The van der Waals surface area contributed by atoms with E-state index in [1.165, 1.54) is 0 Å². The molecule has 7 heteroatoms. The number of carbonyl (C=O) groups is 1. The molecule has 0 fully saturated rings. The number of hydrogen-bond donors (Lipinski definition) is 1. The molecule has 0 aliphatic rings. The Morgan fingerprint density at radius 2 is 2.18 bits per heavy atom. The van der Waals surface area contributed by atoms with E-state index in [0.29, 0.717) is 0 Å². The van der Waals surface area contributed by atoms with Crippen molar-refractivity contribution in [1.29, 1.82) is 0 Å². The van der Waals surface area contributed by atoms with Gasteiger partial charge in [0.25, 0.3) is 0 Å². The van der Waals surface area contributed by atoms with Crippen LogP contribution in [0.15, 0.2) is 6.20 Å². The van der Waals surface area contributed by atoms with Gasteiger partial charge in [0, 0.05) is 0 Å². The second kappa shape index (κ2) is 4.94. The standard InChI is InChI=1S/C10H14FN3O3/c1-10(2,3)17-7(15)5-16-9-13-4-6(11)8(12)14-9/h4H,5H2,1-3H3,(H2,12,13,14). The highest BCUT2D eigenvalue weighted by Gasteiger charge is 2.17. The predicted molar refractivity (Wildman–Crippen MR) is 57.7 cm³/mol. The van der Waals surface area contributed by atoms with Gasteiger partial charge in [-0.1, -0.05) is 0 Å². The molecule has 0 bridgehead atoms. The van der Waals surface area contributed by atoms with Crippen molar-refractivity contribution < 1.29 is 18.7 Å². The Bertz CT molecular complexity index is 418. The van der Waals surface area contributed by atoms with E-state index < -0.39 is 17.4 Å². The number of carbonyl (C=O) groups excluding carboxylic acids is 1. The minimum atomic E-state index is -0.741. The normalized spacial score (nSPS) is 11.1. The van der Waals surface area contributed by atoms with Crippen LogP contribution in [0.25, 0.3) is 0 Å². The highest BCUT2D eigenvalue weighted by molar-refractivity contribution is 5.71. The first-order chi connectivity index (χ1) is 7.78. The van der Waals surface area contributed by atoms with Crippen molar-refractivity contribution in [3.8, 4) is 6.01 Å². The lowest BCUT2D eigenvalue weighted by molar-refractivity contribution is -0.157. The fourth-order valence-electron chi connectivity index (χ4n) is 0.927. The minimum absolute atomic E-state index is 0.172. The van der Waals surface area contributed by atoms with Crippen LogP contribution in [-0.2, 0) is 9.53 Å². The van der Waals surface area contributed by atoms with Crippen LogP contribution < -0.4 is 10.5 Å². The maximum absolute atomic E-state index is 12.7. The second-order valence-electron chi connectivity index (χ2n) is 4.26. The van der Waals surface area contributed by atoms with Crippen molar-refractivity contribution in [2.75, 3.05) is 12.3 Å². The number of nitrogens with two attached hydrogens (primary N) is 1. The molecule has 94 valence electrons. The van der Waals surface area contributed by atoms with Gasteiger partial charge in [-0.05, 0) is 20.8 Å². The van der Waals surface area contributed by atoms with E-state index in [0.717, 1.165) is 6.20 Å². The summed E-state index contributed by atoms with van der Waals surface area (Å²) in [5.74, 6) is -1.64. The Labute approximate surface area is 98.0 Å². The smallest absolute Gasteiger partial charge is 0.344 e. The van der Waals surface area contributed by atoms with Crippen molar-refractivity contribution in [2.24, 2.45) is 0 Å². The molecule has 0 unspecified atom stereocenters. The van der Waals surface area contributed by atoms with E-state index in [-0.39, 0.29) is 18.4 Å². The summed E-state index contributed by atoms with van der Waals surface area (Å²) in [4.78, 5) is 18.3. The molecule has 0 atom stereocenters. The zero-order chi connectivity index (χ0) is 13.1. The summed E-state index contributed by atoms with van der Waals surface area (Å²) in [6.45, 7) is 4.84. The topological polar surface area (TPSA) is 87.3 Å². The van der Waals surface area contributed by atoms with Crippen molar-refractivity contribution in [2.45, 2.75) is 26.4 Å². The third-order valence-electron chi connectivity index (χ3n) is 1.49. The molecule has 1 rings (SSSR count). The number of nitrogens with zero attached hydrogens (tertiary/aromatic N) is 2. The van der Waals surface area contributed by atoms with Gasteiger partial charge < -0.3 is 15.2 Å². The number of ether oxygens (including phenoxy) is 2. The number of aromatic nitrogens is 2. The van der Waals surface area contributed by atoms with Crippen LogP contribution in [-0.4, -0.2) is 28.1 Å². The molecule has 6 nitrogen and oxygen atoms in total. The molecule has 0 amide bonds. The molecule has 1 aromatic heterocycles. The van der Waals surface area contributed by atoms with E-state index in [2.05, 4.69) is 9.97 Å². The zero-order valence-corrected chi connectivity index (χ0v) is 9.86. The minimum Gasteiger partial charge on any atom is -0.457 e. The summed E-state index contributed by atoms with van der Waals surface area (Å²) < 4.78 is 22.6. The second-order valence-corrected chi connectivity index (χ2v) is 4.26. The lowest BCUT2D eigenvalue weighted by Crippen LogP contribution is -2.27. The van der Waals surface area contributed by atoms with Crippen molar-refractivity contribution in [3.05, 3.63) is 12.0 Å². The number of esters is 1. The van der Waals surface area contributed by atoms with Crippen LogP contribution in [0.1, 0.15) is 20.8 Å². The molecule has 0 aliphatic carbocycles. The lowest BCUT2D eigenvalue weighted by atomic mass is 10.2. The number of halogens is 1. The van der Waals surface area contributed by atoms with Gasteiger partial charge in [-0.25, -0.2) is 14.2 Å². The van der Waals surface area contributed by atoms with Crippen LogP contribution in [0.2, 0.25) is 0 Å². The first-order valence-electron chi connectivity index (χ1n) is 4.90. The molecule has 1 aromatic rings. The summed E-state index contributed by atoms with van der Waals surface area (Å²) >= 11 is 0. The van der Waals surface area contributed by atoms with E-state index in [9.17, 15) is 9.18 Å². The number of nitrogen functional groups attached to an aromatic ring is 1. The number of anilines is 1. The SMILES string of the molecule is CC(C)(C)OC(=O)COc1ncc(F)c(N)n1. The molecule has 0 radical (unpaired) electrons. The van der Waals surface area contributed by atoms with Gasteiger partial charge in [-0.15, -0.1) is 0 Å². The summed E-state index contributed by atoms with van der Waals surface area (Å²) in [5, 5.41) is 0. The highest BCUT2D eigenvalue weighted by atomic mass is 19.1. The number of rotatable bonds is 3. The van der Waals surface area contributed by atoms with Gasteiger partial charge in [-0.2, -0.15) is 4.98 Å². The fourth-order valence-corrected chi connectivity index (χ4v) is 0.927. The van der Waals surface area contributed by atoms with Crippen LogP contribution >= 0.6 is 0 Å². The summed E-state index contributed by atoms with van der Waals surface area (Å²) in [6, 6.07) is -0.172. The van der Waals surface area contributed by atoms with E-state index in [1.807, 2.05) is 0 Å². The zero-order valence-electron chi connectivity index (χ0n) is 9.86. The number of hydrogen-bond acceptors (Lipinski definition) is 6. The molecule has 0 aliphatic heterocycles. The van der Waals surface area contributed by atoms with Gasteiger partial charge >= 0.3 is 12.0 Å². The molecule has 1 heterocycles. The lowest BCUT2D eigenvalue weighted by Gasteiger charge is -2.19. The monoisotopic (exact) mass is 243 g/mol. The van der Waals surface area contributed by atoms with Crippen LogP contribution in [0, 0.1) is 5.82 Å². The molecule has 0 saturated carbocycles. The maximum Gasteiger partial charge on any atom is 0.344 e. The van der Waals surface area contributed by atoms with Crippen LogP contribution in [0.3, 0.4) is 0 Å². The largest absolute Gasteiger partial charge is 0.457 e. The van der Waals surface area contributed by atoms with Gasteiger partial charge in [0.2, 0.25) is 0 Å². The average Bonchev–Trinajstić information content (AvgIpc) is 2.17. The predicted octanol–water partition coefficient (Wildman–Crippen LogP) is 0.918. The van der Waals surface area contributed by atoms with Crippen molar-refractivity contribution in [1.82, 2.24) is 9.97 Å². The molecule has 0 aromatic carbocycles. The summed E-state index contributed by atoms with van der Waals surface area (Å²) in [5.41, 5.74) is 4.61. The van der Waals surface area contributed by atoms with Gasteiger partial charge in [-0.3, -0.25) is 0 Å². The van der Waals surface area contributed by atoms with Gasteiger partial charge in [0.1, 0.15) is 5.60 Å². The molecule has 0 spiro atoms. The molecule has 2 N–H and O–H groups in total. The van der Waals surface area contributed by atoms with E-state index in [4.69, 9.17) is 15.2 Å². The Kier molecular flexibility index (Phi) is 3.82. The van der Waals surface area contributed by atoms with Crippen molar-refractivity contribution >= 4 is 11.8 Å². The van der Waals surface area contributed by atoms with E-state index in [1.54, 1.807) is 20.8 Å². The highest BCUT2D eigenvalue weighted by Crippen LogP contribution is 2.10. The maximum atomic E-state index is 12.7. The average molecular weight is 243 g/mol. The fraction of sp³-hybridized carbons (Fsp3) is 0.500. The first-order valence-corrected chi connectivity index (χ1v) is 4.90. The third kappa shape index (κ3) is 4.62. The van der Waals surface area contributed by atoms with Crippen LogP contribution in [0.4, 0.5) is 10.2 Å². The van der Waals surface area contributed by atoms with Gasteiger partial charge in [0.15, 0.2) is 18.2 Å². The Hall–Kier alpha value is -1.92. The Morgan fingerprint density at radius 3 is 2.71 bits per heavy atom. The third-order valence-corrected chi connectivity index (χ3v) is 1.49. The molecular weight excluding hydrogens is 229 g/mol.